The predicted octanol–water partition coefficient (Wildman–Crippen LogP) is 1.75. The number of hydrogen-bond donors (Lipinski definition) is 0. The minimum Gasteiger partial charge on any atom is -0.379 e. The molecule has 0 aromatic rings. The second-order valence-corrected chi connectivity index (χ2v) is 2.74. The second-order valence-electron chi connectivity index (χ2n) is 2.74. The highest BCUT2D eigenvalue weighted by Gasteiger charge is 2.11. The molecule has 1 heterocycles. The smallest absolute Gasteiger partial charge is 0.0594 e. The molecule has 0 spiro atoms. The zero-order valence-electron chi connectivity index (χ0n) is 8.26. The molecule has 1 aliphatic rings. The van der Waals surface area contributed by atoms with Gasteiger partial charge in [0, 0.05) is 19.1 Å². The molecule has 68 valence electrons. The van der Waals surface area contributed by atoms with Crippen LogP contribution >= 0.6 is 0 Å². The molecule has 0 atom stereocenters. The fourth-order valence-electron chi connectivity index (χ4n) is 1.09. The van der Waals surface area contributed by atoms with Crippen LogP contribution in [0.4, 0.5) is 0 Å². The summed E-state index contributed by atoms with van der Waals surface area (Å²) in [5.41, 5.74) is 0. The average molecular weight is 159 g/mol. The lowest BCUT2D eigenvalue weighted by Crippen LogP contribution is -2.40. The van der Waals surface area contributed by atoms with Crippen LogP contribution < -0.4 is 0 Å². The molecule has 0 bridgehead atoms. The van der Waals surface area contributed by atoms with Gasteiger partial charge in [0.1, 0.15) is 0 Å². The Hall–Kier alpha value is -0.0800. The van der Waals surface area contributed by atoms with Crippen LogP contribution in [0.5, 0.6) is 0 Å². The van der Waals surface area contributed by atoms with Gasteiger partial charge in [-0.15, -0.1) is 0 Å². The van der Waals surface area contributed by atoms with Crippen molar-refractivity contribution in [3.8, 4) is 0 Å². The monoisotopic (exact) mass is 159 g/mol. The first kappa shape index (κ1) is 10.9. The number of nitrogens with zero attached hydrogens (tertiary/aromatic N) is 1. The van der Waals surface area contributed by atoms with Crippen LogP contribution in [0.15, 0.2) is 0 Å². The fraction of sp³-hybridized carbons (Fsp3) is 1.00. The summed E-state index contributed by atoms with van der Waals surface area (Å²) in [5, 5.41) is 0. The van der Waals surface area contributed by atoms with Crippen LogP contribution in [0.2, 0.25) is 0 Å². The third-order valence-corrected chi connectivity index (χ3v) is 1.78. The highest BCUT2D eigenvalue weighted by Crippen LogP contribution is 2.01. The summed E-state index contributed by atoms with van der Waals surface area (Å²) in [6.45, 7) is 12.5. The van der Waals surface area contributed by atoms with Crippen molar-refractivity contribution >= 4 is 0 Å². The van der Waals surface area contributed by atoms with E-state index in [0.29, 0.717) is 6.04 Å². The van der Waals surface area contributed by atoms with Crippen molar-refractivity contribution in [2.24, 2.45) is 0 Å². The maximum atomic E-state index is 5.21. The molecule has 1 fully saturated rings. The Morgan fingerprint density at radius 2 is 1.55 bits per heavy atom. The summed E-state index contributed by atoms with van der Waals surface area (Å²) in [7, 11) is 0. The zero-order chi connectivity index (χ0) is 8.69. The van der Waals surface area contributed by atoms with E-state index in [2.05, 4.69) is 18.7 Å². The molecular formula is C9H21NO. The van der Waals surface area contributed by atoms with Gasteiger partial charge in [0.15, 0.2) is 0 Å². The summed E-state index contributed by atoms with van der Waals surface area (Å²) >= 11 is 0. The van der Waals surface area contributed by atoms with Crippen molar-refractivity contribution in [3.05, 3.63) is 0 Å². The maximum Gasteiger partial charge on any atom is 0.0594 e. The molecule has 0 N–H and O–H groups in total. The lowest BCUT2D eigenvalue weighted by Gasteiger charge is -2.29. The van der Waals surface area contributed by atoms with Crippen molar-refractivity contribution in [1.82, 2.24) is 4.90 Å². The molecule has 0 saturated carbocycles. The van der Waals surface area contributed by atoms with Crippen molar-refractivity contribution in [3.63, 3.8) is 0 Å². The van der Waals surface area contributed by atoms with Crippen LogP contribution in [0.25, 0.3) is 0 Å². The van der Waals surface area contributed by atoms with Gasteiger partial charge in [-0.1, -0.05) is 13.8 Å². The summed E-state index contributed by atoms with van der Waals surface area (Å²) < 4.78 is 5.21. The van der Waals surface area contributed by atoms with Gasteiger partial charge in [-0.3, -0.25) is 4.90 Å². The van der Waals surface area contributed by atoms with Gasteiger partial charge < -0.3 is 4.74 Å². The lowest BCUT2D eigenvalue weighted by molar-refractivity contribution is 0.0238. The molecule has 0 amide bonds. The average Bonchev–Trinajstić information content (AvgIpc) is 2.10. The molecule has 1 aliphatic heterocycles. The number of rotatable bonds is 1. The highest BCUT2D eigenvalue weighted by molar-refractivity contribution is 4.64. The van der Waals surface area contributed by atoms with Gasteiger partial charge in [-0.05, 0) is 13.8 Å². The first-order valence-corrected chi connectivity index (χ1v) is 4.62. The van der Waals surface area contributed by atoms with Crippen LogP contribution in [0.1, 0.15) is 27.7 Å². The molecule has 11 heavy (non-hydrogen) atoms. The van der Waals surface area contributed by atoms with Gasteiger partial charge in [0.05, 0.1) is 13.2 Å². The van der Waals surface area contributed by atoms with Crippen molar-refractivity contribution < 1.29 is 4.74 Å². The Bertz CT molecular complexity index is 77.6. The summed E-state index contributed by atoms with van der Waals surface area (Å²) in [5.74, 6) is 0. The second kappa shape index (κ2) is 6.62. The van der Waals surface area contributed by atoms with Crippen LogP contribution in [0, 0.1) is 0 Å². The summed E-state index contributed by atoms with van der Waals surface area (Å²) in [4.78, 5) is 2.43. The SMILES string of the molecule is CC.CC(C)N1CCOCC1. The first-order chi connectivity index (χ1) is 5.30. The first-order valence-electron chi connectivity index (χ1n) is 4.62. The topological polar surface area (TPSA) is 12.5 Å². The molecule has 0 radical (unpaired) electrons. The van der Waals surface area contributed by atoms with Gasteiger partial charge in [-0.2, -0.15) is 0 Å². The summed E-state index contributed by atoms with van der Waals surface area (Å²) in [6, 6.07) is 0.689. The van der Waals surface area contributed by atoms with Gasteiger partial charge in [0.25, 0.3) is 0 Å². The van der Waals surface area contributed by atoms with Crippen molar-refractivity contribution in [2.75, 3.05) is 26.3 Å². The number of hydrogen-bond acceptors (Lipinski definition) is 2. The third kappa shape index (κ3) is 4.38. The standard InChI is InChI=1S/C7H15NO.C2H6/c1-7(2)8-3-5-9-6-4-8;1-2/h7H,3-6H2,1-2H3;1-2H3. The molecule has 2 heteroatoms. The van der Waals surface area contributed by atoms with Crippen molar-refractivity contribution in [2.45, 2.75) is 33.7 Å². The Kier molecular flexibility index (Phi) is 6.57. The molecule has 0 aromatic carbocycles. The van der Waals surface area contributed by atoms with E-state index in [4.69, 9.17) is 4.74 Å². The molecule has 1 rings (SSSR count). The lowest BCUT2D eigenvalue weighted by atomic mass is 10.3. The maximum absolute atomic E-state index is 5.21. The van der Waals surface area contributed by atoms with E-state index in [1.165, 1.54) is 0 Å². The minimum atomic E-state index is 0.689. The fourth-order valence-corrected chi connectivity index (χ4v) is 1.09. The summed E-state index contributed by atoms with van der Waals surface area (Å²) in [6.07, 6.45) is 0. The Morgan fingerprint density at radius 1 is 1.09 bits per heavy atom. The van der Waals surface area contributed by atoms with Crippen LogP contribution in [0.3, 0.4) is 0 Å². The normalized spacial score (nSPS) is 19.4. The third-order valence-electron chi connectivity index (χ3n) is 1.78. The Morgan fingerprint density at radius 3 is 1.82 bits per heavy atom. The predicted molar refractivity (Wildman–Crippen MR) is 48.9 cm³/mol. The van der Waals surface area contributed by atoms with E-state index in [9.17, 15) is 0 Å². The zero-order valence-corrected chi connectivity index (χ0v) is 8.26. The van der Waals surface area contributed by atoms with E-state index in [1.807, 2.05) is 13.8 Å². The van der Waals surface area contributed by atoms with Crippen LogP contribution in [-0.4, -0.2) is 37.2 Å². The van der Waals surface area contributed by atoms with Gasteiger partial charge in [-0.25, -0.2) is 0 Å². The number of ether oxygens (including phenoxy) is 1. The molecule has 0 aliphatic carbocycles. The van der Waals surface area contributed by atoms with Crippen LogP contribution in [-0.2, 0) is 4.74 Å². The molecule has 1 saturated heterocycles. The van der Waals surface area contributed by atoms with E-state index in [0.717, 1.165) is 26.3 Å². The minimum absolute atomic E-state index is 0.689. The molecule has 0 unspecified atom stereocenters. The van der Waals surface area contributed by atoms with Crippen molar-refractivity contribution in [1.29, 1.82) is 0 Å². The number of morpholine rings is 1. The van der Waals surface area contributed by atoms with E-state index in [1.54, 1.807) is 0 Å². The Labute approximate surface area is 70.5 Å². The molecular weight excluding hydrogens is 138 g/mol. The van der Waals surface area contributed by atoms with Gasteiger partial charge >= 0.3 is 0 Å². The van der Waals surface area contributed by atoms with Gasteiger partial charge in [0.2, 0.25) is 0 Å². The quantitative estimate of drug-likeness (QED) is 0.578. The van der Waals surface area contributed by atoms with E-state index in [-0.39, 0.29) is 0 Å². The Balaban J connectivity index is 0.000000461. The molecule has 2 nitrogen and oxygen atoms in total. The largest absolute Gasteiger partial charge is 0.379 e. The van der Waals surface area contributed by atoms with E-state index < -0.39 is 0 Å². The van der Waals surface area contributed by atoms with E-state index >= 15 is 0 Å². The highest BCUT2D eigenvalue weighted by atomic mass is 16.5. The molecule has 0 aromatic heterocycles.